The van der Waals surface area contributed by atoms with Crippen molar-refractivity contribution < 1.29 is 38.2 Å². The molecule has 2 aromatic carbocycles. The van der Waals surface area contributed by atoms with Crippen molar-refractivity contribution in [2.75, 3.05) is 47.0 Å². The minimum Gasteiger partial charge on any atom is -0.497 e. The lowest BCUT2D eigenvalue weighted by atomic mass is 10.0. The summed E-state index contributed by atoms with van der Waals surface area (Å²) in [7, 11) is 2.99. The van der Waals surface area contributed by atoms with Crippen molar-refractivity contribution in [1.29, 1.82) is 0 Å². The molecular formula is C31H41N5O8. The number of hydrogen-bond acceptors (Lipinski definition) is 8. The van der Waals surface area contributed by atoms with Gasteiger partial charge in [-0.05, 0) is 48.7 Å². The lowest BCUT2D eigenvalue weighted by Gasteiger charge is -2.24. The molecule has 2 atom stereocenters. The molecule has 0 unspecified atom stereocenters. The zero-order valence-electron chi connectivity index (χ0n) is 25.5. The van der Waals surface area contributed by atoms with Crippen molar-refractivity contribution in [3.63, 3.8) is 0 Å². The van der Waals surface area contributed by atoms with Crippen LogP contribution in [0, 0.1) is 5.92 Å². The lowest BCUT2D eigenvalue weighted by molar-refractivity contribution is -0.137. The molecule has 13 nitrogen and oxygen atoms in total. The summed E-state index contributed by atoms with van der Waals surface area (Å²) in [5, 5.41) is 10.8. The number of fused-ring (bicyclic) bond motifs is 1. The molecule has 5 amide bonds. The highest BCUT2D eigenvalue weighted by molar-refractivity contribution is 6.01. The summed E-state index contributed by atoms with van der Waals surface area (Å²) in [6.07, 6.45) is 0.0632. The van der Waals surface area contributed by atoms with Crippen LogP contribution in [0.2, 0.25) is 0 Å². The number of rotatable bonds is 8. The van der Waals surface area contributed by atoms with Crippen LogP contribution in [-0.4, -0.2) is 93.5 Å². The number of ether oxygens (including phenoxy) is 3. The number of nitrogens with zero attached hydrogens (tertiary/aromatic N) is 1. The van der Waals surface area contributed by atoms with E-state index in [1.807, 2.05) is 0 Å². The van der Waals surface area contributed by atoms with Crippen LogP contribution in [0.3, 0.4) is 0 Å². The minimum atomic E-state index is -1.24. The fourth-order valence-corrected chi connectivity index (χ4v) is 4.33. The first-order chi connectivity index (χ1) is 21.1. The Morgan fingerprint density at radius 3 is 2.45 bits per heavy atom. The Morgan fingerprint density at radius 1 is 1.05 bits per heavy atom. The Labute approximate surface area is 257 Å². The van der Waals surface area contributed by atoms with E-state index in [4.69, 9.17) is 14.2 Å². The summed E-state index contributed by atoms with van der Waals surface area (Å²) in [5.74, 6) is -1.30. The van der Waals surface area contributed by atoms with Crippen molar-refractivity contribution in [1.82, 2.24) is 26.2 Å². The van der Waals surface area contributed by atoms with Gasteiger partial charge >= 0.3 is 0 Å². The Balaban J connectivity index is 1.71. The number of likely N-dealkylation sites (N-methyl/N-ethyl adjacent to an activating group) is 1. The highest BCUT2D eigenvalue weighted by Gasteiger charge is 2.29. The molecule has 0 spiro atoms. The number of nitrogens with one attached hydrogen (secondary N) is 4. The number of methoxy groups -OCH3 is 1. The van der Waals surface area contributed by atoms with Gasteiger partial charge in [0, 0.05) is 13.6 Å². The molecule has 2 aromatic rings. The van der Waals surface area contributed by atoms with Crippen LogP contribution < -0.4 is 35.5 Å². The Hall–Kier alpha value is -4.81. The maximum atomic E-state index is 13.3. The molecule has 0 saturated heterocycles. The van der Waals surface area contributed by atoms with Gasteiger partial charge in [0.05, 0.1) is 38.8 Å². The van der Waals surface area contributed by atoms with Gasteiger partial charge in [0.25, 0.3) is 5.91 Å². The van der Waals surface area contributed by atoms with Gasteiger partial charge in [-0.15, -0.1) is 0 Å². The van der Waals surface area contributed by atoms with Gasteiger partial charge in [0.1, 0.15) is 35.9 Å². The van der Waals surface area contributed by atoms with Gasteiger partial charge in [-0.3, -0.25) is 24.0 Å². The SMILES string of the molecule is COc1ccc(OCCCNC(=O)[C@@H]2CC(=O)N(C)CC(=O)N[C@H](C(C)C)C(=O)NCCOc3ccccc3C(=O)N2)cc1. The Morgan fingerprint density at radius 2 is 1.75 bits per heavy atom. The van der Waals surface area contributed by atoms with Gasteiger partial charge in [-0.1, -0.05) is 26.0 Å². The van der Waals surface area contributed by atoms with Crippen molar-refractivity contribution in [3.8, 4) is 17.2 Å². The molecule has 0 aromatic heterocycles. The number of carbonyl (C=O) groups excluding carboxylic acids is 5. The second kappa shape index (κ2) is 16.7. The average Bonchev–Trinajstić information content (AvgIpc) is 3.01. The molecule has 13 heteroatoms. The molecule has 3 rings (SSSR count). The normalized spacial score (nSPS) is 18.6. The summed E-state index contributed by atoms with van der Waals surface area (Å²) in [4.78, 5) is 66.2. The number of benzene rings is 2. The third kappa shape index (κ3) is 10.2. The highest BCUT2D eigenvalue weighted by Crippen LogP contribution is 2.19. The second-order valence-electron chi connectivity index (χ2n) is 10.6. The maximum absolute atomic E-state index is 13.3. The molecule has 0 fully saturated rings. The van der Waals surface area contributed by atoms with E-state index in [2.05, 4.69) is 21.3 Å². The molecule has 0 saturated carbocycles. The van der Waals surface area contributed by atoms with E-state index >= 15 is 0 Å². The summed E-state index contributed by atoms with van der Waals surface area (Å²) in [6.45, 7) is 3.97. The third-order valence-corrected chi connectivity index (χ3v) is 6.81. The molecule has 0 bridgehead atoms. The zero-order valence-corrected chi connectivity index (χ0v) is 25.5. The fraction of sp³-hybridized carbons (Fsp3) is 0.452. The highest BCUT2D eigenvalue weighted by atomic mass is 16.5. The van der Waals surface area contributed by atoms with Crippen LogP contribution in [0.15, 0.2) is 48.5 Å². The van der Waals surface area contributed by atoms with Crippen molar-refractivity contribution >= 4 is 29.5 Å². The minimum absolute atomic E-state index is 0.0541. The molecule has 238 valence electrons. The van der Waals surface area contributed by atoms with E-state index in [0.29, 0.717) is 24.5 Å². The van der Waals surface area contributed by atoms with E-state index < -0.39 is 48.0 Å². The molecule has 0 radical (unpaired) electrons. The van der Waals surface area contributed by atoms with Crippen LogP contribution in [0.4, 0.5) is 0 Å². The van der Waals surface area contributed by atoms with Crippen LogP contribution in [0.1, 0.15) is 37.0 Å². The monoisotopic (exact) mass is 611 g/mol. The van der Waals surface area contributed by atoms with Crippen molar-refractivity contribution in [2.45, 2.75) is 38.8 Å². The molecule has 1 aliphatic rings. The number of amides is 5. The van der Waals surface area contributed by atoms with E-state index in [1.165, 1.54) is 13.1 Å². The largest absolute Gasteiger partial charge is 0.497 e. The second-order valence-corrected chi connectivity index (χ2v) is 10.6. The van der Waals surface area contributed by atoms with E-state index in [0.717, 1.165) is 4.90 Å². The predicted molar refractivity (Wildman–Crippen MR) is 161 cm³/mol. The molecule has 4 N–H and O–H groups in total. The number of para-hydroxylation sites is 1. The molecule has 44 heavy (non-hydrogen) atoms. The van der Waals surface area contributed by atoms with E-state index in [9.17, 15) is 24.0 Å². The van der Waals surface area contributed by atoms with Gasteiger partial charge < -0.3 is 40.4 Å². The quantitative estimate of drug-likeness (QED) is 0.320. The van der Waals surface area contributed by atoms with Crippen molar-refractivity contribution in [2.24, 2.45) is 5.92 Å². The smallest absolute Gasteiger partial charge is 0.255 e. The third-order valence-electron chi connectivity index (χ3n) is 6.81. The van der Waals surface area contributed by atoms with E-state index in [-0.39, 0.29) is 43.5 Å². The first-order valence-electron chi connectivity index (χ1n) is 14.5. The molecule has 0 aliphatic carbocycles. The lowest BCUT2D eigenvalue weighted by Crippen LogP contribution is -2.53. The Kier molecular flexibility index (Phi) is 12.8. The maximum Gasteiger partial charge on any atom is 0.255 e. The topological polar surface area (TPSA) is 164 Å². The number of hydrogen-bond donors (Lipinski definition) is 4. The van der Waals surface area contributed by atoms with Gasteiger partial charge in [0.15, 0.2) is 0 Å². The van der Waals surface area contributed by atoms with Crippen LogP contribution in [0.5, 0.6) is 17.2 Å². The first kappa shape index (κ1) is 33.7. The van der Waals surface area contributed by atoms with Gasteiger partial charge in [-0.25, -0.2) is 0 Å². The predicted octanol–water partition coefficient (Wildman–Crippen LogP) is 0.877. The zero-order chi connectivity index (χ0) is 32.1. The van der Waals surface area contributed by atoms with Crippen LogP contribution in [-0.2, 0) is 19.2 Å². The van der Waals surface area contributed by atoms with Gasteiger partial charge in [-0.2, -0.15) is 0 Å². The summed E-state index contributed by atoms with van der Waals surface area (Å²) >= 11 is 0. The van der Waals surface area contributed by atoms with Crippen LogP contribution in [0.25, 0.3) is 0 Å². The van der Waals surface area contributed by atoms with E-state index in [1.54, 1.807) is 63.4 Å². The first-order valence-corrected chi connectivity index (χ1v) is 14.5. The summed E-state index contributed by atoms with van der Waals surface area (Å²) < 4.78 is 16.6. The fourth-order valence-electron chi connectivity index (χ4n) is 4.33. The summed E-state index contributed by atoms with van der Waals surface area (Å²) in [6, 6.07) is 11.5. The Bertz CT molecular complexity index is 1300. The molecule has 1 aliphatic heterocycles. The number of carbonyl (C=O) groups is 5. The van der Waals surface area contributed by atoms with Crippen molar-refractivity contribution in [3.05, 3.63) is 54.1 Å². The molecule has 1 heterocycles. The van der Waals surface area contributed by atoms with Gasteiger partial charge in [0.2, 0.25) is 23.6 Å². The molecular weight excluding hydrogens is 570 g/mol. The van der Waals surface area contributed by atoms with Crippen LogP contribution >= 0.6 is 0 Å². The average molecular weight is 612 g/mol. The standard InChI is InChI=1S/C31H41N5O8/c1-20(2)28-31(41)33-15-17-44-25-9-6-5-8-23(25)29(39)34-24(18-27(38)36(3)19-26(37)35-28)30(40)32-14-7-16-43-22-12-10-21(42-4)11-13-22/h5-6,8-13,20,24,28H,7,14-19H2,1-4H3,(H,32,40)(H,33,41)(H,34,39)(H,35,37)/t24-,28+/m0/s1. The summed E-state index contributed by atoms with van der Waals surface area (Å²) in [5.41, 5.74) is 0.159.